The number of rotatable bonds is 5. The molecule has 92 valence electrons. The lowest BCUT2D eigenvalue weighted by atomic mass is 10.2. The summed E-state index contributed by atoms with van der Waals surface area (Å²) in [5, 5.41) is 8.83. The minimum absolute atomic E-state index is 0.220. The summed E-state index contributed by atoms with van der Waals surface area (Å²) in [6.45, 7) is 4.17. The quantitative estimate of drug-likeness (QED) is 0.833. The molecule has 0 bridgehead atoms. The Balaban J connectivity index is 2.80. The Bertz CT molecular complexity index is 518. The molecule has 0 spiro atoms. The van der Waals surface area contributed by atoms with Gasteiger partial charge in [0.2, 0.25) is 0 Å². The zero-order valence-electron chi connectivity index (χ0n) is 9.77. The summed E-state index contributed by atoms with van der Waals surface area (Å²) in [6.07, 6.45) is 0. The molecule has 0 saturated heterocycles. The van der Waals surface area contributed by atoms with Crippen molar-refractivity contribution < 1.29 is 8.42 Å². The fourth-order valence-electron chi connectivity index (χ4n) is 1.13. The van der Waals surface area contributed by atoms with Crippen molar-refractivity contribution in [2.45, 2.75) is 13.8 Å². The van der Waals surface area contributed by atoms with E-state index in [0.29, 0.717) is 12.1 Å². The van der Waals surface area contributed by atoms with Crippen LogP contribution >= 0.6 is 0 Å². The first-order chi connectivity index (χ1) is 7.94. The van der Waals surface area contributed by atoms with E-state index in [0.717, 1.165) is 0 Å². The third-order valence-electron chi connectivity index (χ3n) is 1.97. The van der Waals surface area contributed by atoms with Gasteiger partial charge < -0.3 is 0 Å². The monoisotopic (exact) mass is 253 g/mol. The van der Waals surface area contributed by atoms with E-state index >= 15 is 0 Å². The van der Waals surface area contributed by atoms with Gasteiger partial charge in [-0.25, -0.2) is 0 Å². The van der Waals surface area contributed by atoms with E-state index in [1.54, 1.807) is 24.3 Å². The summed E-state index contributed by atoms with van der Waals surface area (Å²) in [5.74, 6) is 0.220. The molecular formula is C11H15N3O2S. The van der Waals surface area contributed by atoms with Crippen LogP contribution in [0.4, 0.5) is 5.69 Å². The average Bonchev–Trinajstić information content (AvgIpc) is 2.27. The Kier molecular flexibility index (Phi) is 4.49. The molecule has 0 fully saturated rings. The third-order valence-corrected chi connectivity index (χ3v) is 3.01. The molecule has 0 amide bonds. The van der Waals surface area contributed by atoms with Crippen LogP contribution in [0.2, 0.25) is 0 Å². The summed E-state index contributed by atoms with van der Waals surface area (Å²) in [5.41, 5.74) is 0.577. The molecule has 0 aromatic heterocycles. The minimum Gasteiger partial charge on any atom is -0.270 e. The number of benzene rings is 1. The first kappa shape index (κ1) is 13.5. The van der Waals surface area contributed by atoms with Crippen molar-refractivity contribution in [1.29, 1.82) is 5.26 Å². The number of hydrogen-bond acceptors (Lipinski definition) is 3. The van der Waals surface area contributed by atoms with Crippen molar-refractivity contribution >= 4 is 15.9 Å². The first-order valence-electron chi connectivity index (χ1n) is 5.21. The summed E-state index contributed by atoms with van der Waals surface area (Å²) >= 11 is 0. The van der Waals surface area contributed by atoms with Gasteiger partial charge in [0.25, 0.3) is 10.2 Å². The van der Waals surface area contributed by atoms with Gasteiger partial charge in [-0.1, -0.05) is 26.0 Å². The van der Waals surface area contributed by atoms with Crippen LogP contribution in [0.25, 0.3) is 0 Å². The standard InChI is InChI=1S/C11H15N3O2S/c1-9(2)8-13-17(15,16)14-11-6-4-3-5-10(11)7-12/h3-6,9,13-14H,8H2,1-2H3. The maximum atomic E-state index is 11.6. The molecule has 0 atom stereocenters. The van der Waals surface area contributed by atoms with Crippen LogP contribution in [-0.2, 0) is 10.2 Å². The van der Waals surface area contributed by atoms with Crippen LogP contribution in [-0.4, -0.2) is 15.0 Å². The molecule has 0 heterocycles. The van der Waals surface area contributed by atoms with Gasteiger partial charge in [-0.05, 0) is 18.1 Å². The Morgan fingerprint density at radius 2 is 2.00 bits per heavy atom. The molecule has 0 unspecified atom stereocenters. The molecule has 0 aliphatic carbocycles. The van der Waals surface area contributed by atoms with Crippen LogP contribution in [0.15, 0.2) is 24.3 Å². The van der Waals surface area contributed by atoms with Crippen LogP contribution < -0.4 is 9.44 Å². The highest BCUT2D eigenvalue weighted by atomic mass is 32.2. The molecule has 0 aliphatic rings. The van der Waals surface area contributed by atoms with E-state index in [1.165, 1.54) is 0 Å². The minimum atomic E-state index is -3.61. The molecule has 0 radical (unpaired) electrons. The number of para-hydroxylation sites is 1. The summed E-state index contributed by atoms with van der Waals surface area (Å²) in [7, 11) is -3.61. The molecule has 1 rings (SSSR count). The van der Waals surface area contributed by atoms with Crippen LogP contribution in [0.5, 0.6) is 0 Å². The van der Waals surface area contributed by atoms with Gasteiger partial charge in [-0.2, -0.15) is 18.4 Å². The molecule has 1 aromatic rings. The molecule has 1 aromatic carbocycles. The zero-order chi connectivity index (χ0) is 12.9. The Morgan fingerprint density at radius 3 is 2.59 bits per heavy atom. The molecular weight excluding hydrogens is 238 g/mol. The molecule has 0 saturated carbocycles. The van der Waals surface area contributed by atoms with E-state index in [9.17, 15) is 8.42 Å². The Labute approximate surface area is 102 Å². The second kappa shape index (κ2) is 5.66. The molecule has 0 aliphatic heterocycles. The predicted molar refractivity (Wildman–Crippen MR) is 66.5 cm³/mol. The zero-order valence-corrected chi connectivity index (χ0v) is 10.6. The largest absolute Gasteiger partial charge is 0.299 e. The second-order valence-electron chi connectivity index (χ2n) is 4.01. The molecule has 5 nitrogen and oxygen atoms in total. The van der Waals surface area contributed by atoms with Crippen LogP contribution in [0.3, 0.4) is 0 Å². The predicted octanol–water partition coefficient (Wildman–Crippen LogP) is 1.46. The topological polar surface area (TPSA) is 82.0 Å². The highest BCUT2D eigenvalue weighted by Crippen LogP contribution is 2.14. The summed E-state index contributed by atoms with van der Waals surface area (Å²) < 4.78 is 28.0. The van der Waals surface area contributed by atoms with Gasteiger partial charge >= 0.3 is 0 Å². The highest BCUT2D eigenvalue weighted by Gasteiger charge is 2.12. The normalized spacial score (nSPS) is 11.2. The highest BCUT2D eigenvalue weighted by molar-refractivity contribution is 7.90. The van der Waals surface area contributed by atoms with Gasteiger partial charge in [0.1, 0.15) is 6.07 Å². The van der Waals surface area contributed by atoms with Gasteiger partial charge in [0.05, 0.1) is 11.3 Å². The fraction of sp³-hybridized carbons (Fsp3) is 0.364. The first-order valence-corrected chi connectivity index (χ1v) is 6.69. The summed E-state index contributed by atoms with van der Waals surface area (Å²) in [4.78, 5) is 0. The van der Waals surface area contributed by atoms with Crippen LogP contribution in [0, 0.1) is 17.2 Å². The van der Waals surface area contributed by atoms with Crippen molar-refractivity contribution in [3.05, 3.63) is 29.8 Å². The maximum absolute atomic E-state index is 11.6. The maximum Gasteiger partial charge on any atom is 0.299 e. The lowest BCUT2D eigenvalue weighted by Crippen LogP contribution is -2.33. The summed E-state index contributed by atoms with van der Waals surface area (Å²) in [6, 6.07) is 8.38. The van der Waals surface area contributed by atoms with Crippen molar-refractivity contribution in [3.63, 3.8) is 0 Å². The number of nitriles is 1. The van der Waals surface area contributed by atoms with Gasteiger partial charge in [-0.3, -0.25) is 4.72 Å². The van der Waals surface area contributed by atoms with E-state index in [2.05, 4.69) is 9.44 Å². The number of nitrogens with one attached hydrogen (secondary N) is 2. The average molecular weight is 253 g/mol. The molecule has 2 N–H and O–H groups in total. The van der Waals surface area contributed by atoms with Crippen molar-refractivity contribution in [3.8, 4) is 6.07 Å². The van der Waals surface area contributed by atoms with Crippen molar-refractivity contribution in [1.82, 2.24) is 4.72 Å². The Morgan fingerprint density at radius 1 is 1.35 bits per heavy atom. The number of nitrogens with zero attached hydrogens (tertiary/aromatic N) is 1. The van der Waals surface area contributed by atoms with E-state index < -0.39 is 10.2 Å². The SMILES string of the molecule is CC(C)CNS(=O)(=O)Nc1ccccc1C#N. The van der Waals surface area contributed by atoms with Crippen LogP contribution in [0.1, 0.15) is 19.4 Å². The van der Waals surface area contributed by atoms with E-state index in [1.807, 2.05) is 19.9 Å². The number of hydrogen-bond donors (Lipinski definition) is 2. The smallest absolute Gasteiger partial charge is 0.270 e. The lowest BCUT2D eigenvalue weighted by Gasteiger charge is -2.11. The second-order valence-corrected chi connectivity index (χ2v) is 5.50. The Hall–Kier alpha value is -1.58. The van der Waals surface area contributed by atoms with E-state index in [-0.39, 0.29) is 11.6 Å². The lowest BCUT2D eigenvalue weighted by molar-refractivity contribution is 0.565. The van der Waals surface area contributed by atoms with E-state index in [4.69, 9.17) is 5.26 Å². The van der Waals surface area contributed by atoms with Crippen molar-refractivity contribution in [2.24, 2.45) is 5.92 Å². The molecule has 6 heteroatoms. The number of anilines is 1. The molecule has 17 heavy (non-hydrogen) atoms. The third kappa shape index (κ3) is 4.43. The van der Waals surface area contributed by atoms with Gasteiger partial charge in [-0.15, -0.1) is 0 Å². The fourth-order valence-corrected chi connectivity index (χ4v) is 2.22. The van der Waals surface area contributed by atoms with Crippen molar-refractivity contribution in [2.75, 3.05) is 11.3 Å². The van der Waals surface area contributed by atoms with Gasteiger partial charge in [0, 0.05) is 6.54 Å². The van der Waals surface area contributed by atoms with Gasteiger partial charge in [0.15, 0.2) is 0 Å².